The van der Waals surface area contributed by atoms with E-state index in [-0.39, 0.29) is 11.6 Å². The van der Waals surface area contributed by atoms with Gasteiger partial charge in [-0.25, -0.2) is 4.39 Å². The monoisotopic (exact) mass is 240 g/mol. The molecule has 0 fully saturated rings. The van der Waals surface area contributed by atoms with Crippen molar-refractivity contribution in [1.82, 2.24) is 0 Å². The van der Waals surface area contributed by atoms with Crippen molar-refractivity contribution in [3.63, 3.8) is 0 Å². The zero-order valence-corrected chi connectivity index (χ0v) is 10.3. The number of ketones is 1. The summed E-state index contributed by atoms with van der Waals surface area (Å²) in [5.74, 6) is -0.609. The van der Waals surface area contributed by atoms with Gasteiger partial charge in [-0.15, -0.1) is 0 Å². The first kappa shape index (κ1) is 13.8. The molecule has 0 saturated carbocycles. The summed E-state index contributed by atoms with van der Waals surface area (Å²) in [6, 6.07) is 4.22. The first-order valence-corrected chi connectivity index (χ1v) is 5.63. The molecule has 0 bridgehead atoms. The van der Waals surface area contributed by atoms with E-state index in [2.05, 4.69) is 0 Å². The third-order valence-electron chi connectivity index (χ3n) is 2.29. The molecule has 0 aromatic heterocycles. The van der Waals surface area contributed by atoms with Gasteiger partial charge in [-0.1, -0.05) is 0 Å². The Morgan fingerprint density at radius 1 is 1.29 bits per heavy atom. The molecule has 1 rings (SSSR count). The molecule has 1 aromatic carbocycles. The van der Waals surface area contributed by atoms with Gasteiger partial charge in [0.15, 0.2) is 0 Å². The largest absolute Gasteiger partial charge is 0.346 e. The van der Waals surface area contributed by atoms with Crippen LogP contribution in [0.1, 0.15) is 29.8 Å². The molecule has 0 aliphatic rings. The molecule has 4 heteroatoms. The summed E-state index contributed by atoms with van der Waals surface area (Å²) in [6.45, 7) is 5.96. The molecule has 0 radical (unpaired) electrons. The van der Waals surface area contributed by atoms with Gasteiger partial charge < -0.3 is 9.47 Å². The van der Waals surface area contributed by atoms with Crippen molar-refractivity contribution in [3.05, 3.63) is 35.1 Å². The van der Waals surface area contributed by atoms with Crippen LogP contribution in [0.5, 0.6) is 0 Å². The Bertz CT molecular complexity index is 384. The number of Topliss-reactive ketones (excluding diaryl/α,β-unsaturated/α-hetero) is 1. The predicted octanol–water partition coefficient (Wildman–Crippen LogP) is 2.72. The van der Waals surface area contributed by atoms with Crippen molar-refractivity contribution >= 4 is 5.78 Å². The van der Waals surface area contributed by atoms with E-state index >= 15 is 0 Å². The highest BCUT2D eigenvalue weighted by Gasteiger charge is 2.21. The molecule has 0 unspecified atom stereocenters. The summed E-state index contributed by atoms with van der Waals surface area (Å²) in [5.41, 5.74) is 0.832. The van der Waals surface area contributed by atoms with Crippen LogP contribution < -0.4 is 0 Å². The maximum absolute atomic E-state index is 13.1. The van der Waals surface area contributed by atoms with Crippen molar-refractivity contribution in [3.8, 4) is 0 Å². The normalized spacial score (nSPS) is 10.9. The van der Waals surface area contributed by atoms with Crippen LogP contribution in [0.15, 0.2) is 18.2 Å². The zero-order chi connectivity index (χ0) is 12.8. The average Bonchev–Trinajstić information content (AvgIpc) is 2.31. The van der Waals surface area contributed by atoms with Gasteiger partial charge >= 0.3 is 0 Å². The molecule has 3 nitrogen and oxygen atoms in total. The second-order valence-electron chi connectivity index (χ2n) is 3.57. The van der Waals surface area contributed by atoms with Crippen molar-refractivity contribution < 1.29 is 18.7 Å². The number of rotatable bonds is 6. The van der Waals surface area contributed by atoms with Crippen molar-refractivity contribution in [2.75, 3.05) is 13.2 Å². The van der Waals surface area contributed by atoms with E-state index in [9.17, 15) is 9.18 Å². The molecule has 0 heterocycles. The van der Waals surface area contributed by atoms with E-state index in [1.54, 1.807) is 20.8 Å². The Kier molecular flexibility index (Phi) is 5.25. The fraction of sp³-hybridized carbons (Fsp3) is 0.462. The van der Waals surface area contributed by atoms with Gasteiger partial charge in [0.1, 0.15) is 5.82 Å². The van der Waals surface area contributed by atoms with E-state index in [0.29, 0.717) is 24.3 Å². The molecule has 0 amide bonds. The van der Waals surface area contributed by atoms with Crippen LogP contribution in [0.2, 0.25) is 0 Å². The van der Waals surface area contributed by atoms with Crippen LogP contribution in [0, 0.1) is 12.7 Å². The summed E-state index contributed by atoms with van der Waals surface area (Å²) in [5, 5.41) is 0. The van der Waals surface area contributed by atoms with Gasteiger partial charge in [0.25, 0.3) is 0 Å². The van der Waals surface area contributed by atoms with E-state index in [4.69, 9.17) is 9.47 Å². The molecule has 0 aliphatic carbocycles. The Balaban J connectivity index is 2.88. The van der Waals surface area contributed by atoms with Crippen LogP contribution in [0.3, 0.4) is 0 Å². The lowest BCUT2D eigenvalue weighted by molar-refractivity contribution is -0.107. The number of halogens is 1. The molecule has 94 valence electrons. The molecular weight excluding hydrogens is 223 g/mol. The second kappa shape index (κ2) is 6.47. The third kappa shape index (κ3) is 3.61. The van der Waals surface area contributed by atoms with Crippen LogP contribution in [0.4, 0.5) is 4.39 Å². The summed E-state index contributed by atoms with van der Waals surface area (Å²) < 4.78 is 23.5. The highest BCUT2D eigenvalue weighted by molar-refractivity contribution is 5.98. The molecular formula is C13H17FO3. The molecule has 0 saturated heterocycles. The number of ether oxygens (including phenoxy) is 2. The smallest absolute Gasteiger partial charge is 0.222 e. The lowest BCUT2D eigenvalue weighted by Crippen LogP contribution is -2.27. The summed E-state index contributed by atoms with van der Waals surface area (Å²) in [7, 11) is 0. The van der Waals surface area contributed by atoms with E-state index in [0.717, 1.165) is 0 Å². The summed E-state index contributed by atoms with van der Waals surface area (Å²) in [6.07, 6.45) is -0.908. The van der Waals surface area contributed by atoms with Gasteiger partial charge in [-0.05, 0) is 44.5 Å². The Morgan fingerprint density at radius 2 is 1.88 bits per heavy atom. The Morgan fingerprint density at radius 3 is 2.35 bits per heavy atom. The number of benzene rings is 1. The summed E-state index contributed by atoms with van der Waals surface area (Å²) >= 11 is 0. The van der Waals surface area contributed by atoms with Crippen LogP contribution in [-0.4, -0.2) is 25.3 Å². The molecule has 0 N–H and O–H groups in total. The lowest BCUT2D eigenvalue weighted by Gasteiger charge is -2.15. The molecule has 0 atom stereocenters. The van der Waals surface area contributed by atoms with E-state index in [1.165, 1.54) is 18.2 Å². The fourth-order valence-electron chi connectivity index (χ4n) is 1.44. The molecule has 0 aliphatic heterocycles. The highest BCUT2D eigenvalue weighted by Crippen LogP contribution is 2.13. The topological polar surface area (TPSA) is 35.5 Å². The van der Waals surface area contributed by atoms with Crippen molar-refractivity contribution in [1.29, 1.82) is 0 Å². The summed E-state index contributed by atoms with van der Waals surface area (Å²) in [4.78, 5) is 12.0. The van der Waals surface area contributed by atoms with Gasteiger partial charge in [-0.2, -0.15) is 0 Å². The number of carbonyl (C=O) groups excluding carboxylic acids is 1. The quantitative estimate of drug-likeness (QED) is 0.566. The van der Waals surface area contributed by atoms with Gasteiger partial charge in [0, 0.05) is 18.8 Å². The standard InChI is InChI=1S/C13H17FO3/c1-4-16-13(17-5-2)12(15)10-6-7-11(14)9(3)8-10/h6-8,13H,4-5H2,1-3H3. The van der Waals surface area contributed by atoms with Crippen molar-refractivity contribution in [2.24, 2.45) is 0 Å². The SMILES string of the molecule is CCOC(OCC)C(=O)c1ccc(F)c(C)c1. The van der Waals surface area contributed by atoms with Gasteiger partial charge in [0.05, 0.1) is 0 Å². The lowest BCUT2D eigenvalue weighted by atomic mass is 10.1. The minimum Gasteiger partial charge on any atom is -0.346 e. The number of aryl methyl sites for hydroxylation is 1. The van der Waals surface area contributed by atoms with Crippen LogP contribution in [-0.2, 0) is 9.47 Å². The molecule has 0 spiro atoms. The number of hydrogen-bond donors (Lipinski definition) is 0. The number of hydrogen-bond acceptors (Lipinski definition) is 3. The highest BCUT2D eigenvalue weighted by atomic mass is 19.1. The maximum Gasteiger partial charge on any atom is 0.222 e. The minimum absolute atomic E-state index is 0.281. The van der Waals surface area contributed by atoms with Gasteiger partial charge in [-0.3, -0.25) is 4.79 Å². The maximum atomic E-state index is 13.1. The van der Waals surface area contributed by atoms with Crippen LogP contribution >= 0.6 is 0 Å². The zero-order valence-electron chi connectivity index (χ0n) is 10.3. The van der Waals surface area contributed by atoms with Crippen LogP contribution in [0.25, 0.3) is 0 Å². The Hall–Kier alpha value is -1.26. The predicted molar refractivity (Wildman–Crippen MR) is 62.5 cm³/mol. The minimum atomic E-state index is -0.908. The Labute approximate surface area is 101 Å². The third-order valence-corrected chi connectivity index (χ3v) is 2.29. The fourth-order valence-corrected chi connectivity index (χ4v) is 1.44. The average molecular weight is 240 g/mol. The molecule has 17 heavy (non-hydrogen) atoms. The number of carbonyl (C=O) groups is 1. The van der Waals surface area contributed by atoms with E-state index < -0.39 is 6.29 Å². The molecule has 1 aromatic rings. The van der Waals surface area contributed by atoms with Gasteiger partial charge in [0.2, 0.25) is 12.1 Å². The first-order chi connectivity index (χ1) is 8.10. The van der Waals surface area contributed by atoms with Crippen molar-refractivity contribution in [2.45, 2.75) is 27.1 Å². The first-order valence-electron chi connectivity index (χ1n) is 5.63. The van der Waals surface area contributed by atoms with E-state index in [1.807, 2.05) is 0 Å². The second-order valence-corrected chi connectivity index (χ2v) is 3.57.